The summed E-state index contributed by atoms with van der Waals surface area (Å²) < 4.78 is 56.0. The van der Waals surface area contributed by atoms with Crippen LogP contribution in [0.5, 0.6) is 0 Å². The van der Waals surface area contributed by atoms with Gasteiger partial charge in [0.05, 0.1) is 9.79 Å². The summed E-state index contributed by atoms with van der Waals surface area (Å²) >= 11 is 0. The van der Waals surface area contributed by atoms with Crippen molar-refractivity contribution in [1.29, 1.82) is 0 Å². The second kappa shape index (κ2) is 15.8. The van der Waals surface area contributed by atoms with Gasteiger partial charge in [-0.15, -0.1) is 0 Å². The minimum absolute atomic E-state index is 0.227. The van der Waals surface area contributed by atoms with Gasteiger partial charge >= 0.3 is 0 Å². The monoisotopic (exact) mass is 638 g/mol. The molecule has 0 bridgehead atoms. The van der Waals surface area contributed by atoms with Crippen LogP contribution in [0, 0.1) is 41.5 Å². The maximum atomic E-state index is 13.3. The number of nitrogens with zero attached hydrogens (tertiary/aromatic N) is 2. The van der Waals surface area contributed by atoms with E-state index in [0.717, 1.165) is 11.1 Å². The molecule has 0 spiro atoms. The fourth-order valence-electron chi connectivity index (χ4n) is 5.54. The summed E-state index contributed by atoms with van der Waals surface area (Å²) in [6, 6.07) is 7.42. The maximum absolute atomic E-state index is 13.3. The van der Waals surface area contributed by atoms with Crippen molar-refractivity contribution in [3.63, 3.8) is 0 Å². The molecule has 2 amide bonds. The number of aryl methyl sites for hydroxylation is 6. The van der Waals surface area contributed by atoms with E-state index in [1.54, 1.807) is 41.5 Å². The smallest absolute Gasteiger partial charge is 0.243 e. The Kier molecular flexibility index (Phi) is 13.4. The third-order valence-electron chi connectivity index (χ3n) is 7.24. The van der Waals surface area contributed by atoms with Gasteiger partial charge in [0.25, 0.3) is 0 Å². The number of rotatable bonds is 16. The minimum atomic E-state index is -3.69. The van der Waals surface area contributed by atoms with E-state index in [-0.39, 0.29) is 32.6 Å². The topological polar surface area (TPSA) is 133 Å². The molecule has 0 radical (unpaired) electrons. The van der Waals surface area contributed by atoms with Crippen LogP contribution in [0.15, 0.2) is 34.1 Å². The van der Waals surface area contributed by atoms with E-state index in [0.29, 0.717) is 58.0 Å². The van der Waals surface area contributed by atoms with Gasteiger partial charge in [-0.2, -0.15) is 8.61 Å². The summed E-state index contributed by atoms with van der Waals surface area (Å²) in [4.78, 5) is 25.2. The third kappa shape index (κ3) is 9.59. The number of amides is 2. The normalized spacial score (nSPS) is 12.1. The maximum Gasteiger partial charge on any atom is 0.243 e. The SMILES string of the molecule is CCN(CCCNC(=O)[14CH2]C(=O)NCCCN(CC)S(=O)(=O)c1c(C)cc(C)cc1C)S(=O)(=O)c1c(C)cc(C)cc1C. The molecule has 0 saturated carbocycles. The summed E-state index contributed by atoms with van der Waals surface area (Å²) in [5, 5.41) is 5.35. The molecule has 2 aromatic carbocycles. The zero-order chi connectivity index (χ0) is 32.5. The van der Waals surface area contributed by atoms with Crippen molar-refractivity contribution in [3.05, 3.63) is 57.6 Å². The quantitative estimate of drug-likeness (QED) is 0.213. The van der Waals surface area contributed by atoms with E-state index >= 15 is 0 Å². The van der Waals surface area contributed by atoms with Gasteiger partial charge in [0, 0.05) is 39.3 Å². The third-order valence-corrected chi connectivity index (χ3v) is 11.8. The first kappa shape index (κ1) is 36.4. The first-order chi connectivity index (χ1) is 20.1. The largest absolute Gasteiger partial charge is 0.356 e. The molecular weight excluding hydrogens is 590 g/mol. The highest BCUT2D eigenvalue weighted by Crippen LogP contribution is 2.26. The lowest BCUT2D eigenvalue weighted by Gasteiger charge is -2.23. The van der Waals surface area contributed by atoms with E-state index in [1.165, 1.54) is 8.61 Å². The molecule has 2 aromatic rings. The van der Waals surface area contributed by atoms with Crippen LogP contribution in [0.3, 0.4) is 0 Å². The van der Waals surface area contributed by atoms with Crippen LogP contribution in [0.25, 0.3) is 0 Å². The zero-order valence-electron chi connectivity index (χ0n) is 26.8. The predicted octanol–water partition coefficient (Wildman–Crippen LogP) is 3.66. The van der Waals surface area contributed by atoms with Crippen LogP contribution in [0.1, 0.15) is 66.5 Å². The van der Waals surface area contributed by atoms with Crippen molar-refractivity contribution in [2.45, 2.75) is 84.4 Å². The Morgan fingerprint density at radius 2 is 0.930 bits per heavy atom. The highest BCUT2D eigenvalue weighted by atomic mass is 32.2. The number of nitrogens with one attached hydrogen (secondary N) is 2. The summed E-state index contributed by atoms with van der Waals surface area (Å²) in [6.07, 6.45) is 0.423. The fourth-order valence-corrected chi connectivity index (χ4v) is 9.34. The molecule has 12 heteroatoms. The van der Waals surface area contributed by atoms with E-state index in [1.807, 2.05) is 38.1 Å². The number of carbonyl (C=O) groups is 2. The molecule has 0 fully saturated rings. The molecule has 2 N–H and O–H groups in total. The number of sulfonamides is 2. The van der Waals surface area contributed by atoms with Crippen molar-refractivity contribution < 1.29 is 26.4 Å². The van der Waals surface area contributed by atoms with Gasteiger partial charge in [-0.1, -0.05) is 49.2 Å². The minimum Gasteiger partial charge on any atom is -0.356 e. The average molecular weight is 639 g/mol. The van der Waals surface area contributed by atoms with Gasteiger partial charge in [0.2, 0.25) is 31.9 Å². The molecule has 0 atom stereocenters. The Bertz CT molecular complexity index is 1360. The van der Waals surface area contributed by atoms with Gasteiger partial charge in [-0.05, 0) is 76.6 Å². The number of carbonyl (C=O) groups excluding carboxylic acids is 2. The van der Waals surface area contributed by atoms with Gasteiger partial charge in [-0.3, -0.25) is 9.59 Å². The zero-order valence-corrected chi connectivity index (χ0v) is 28.5. The molecule has 43 heavy (non-hydrogen) atoms. The first-order valence-electron chi connectivity index (χ1n) is 14.8. The Balaban J connectivity index is 1.80. The van der Waals surface area contributed by atoms with Crippen LogP contribution in [-0.2, 0) is 29.6 Å². The van der Waals surface area contributed by atoms with Gasteiger partial charge in [0.15, 0.2) is 0 Å². The molecular formula is C31H48N4O6S2. The molecule has 2 rings (SSSR count). The highest BCUT2D eigenvalue weighted by molar-refractivity contribution is 7.89. The van der Waals surface area contributed by atoms with Gasteiger partial charge in [-0.25, -0.2) is 16.8 Å². The predicted molar refractivity (Wildman–Crippen MR) is 170 cm³/mol. The lowest BCUT2D eigenvalue weighted by atomic mass is 10.1. The first-order valence-corrected chi connectivity index (χ1v) is 17.6. The summed E-state index contributed by atoms with van der Waals surface area (Å²) in [5.41, 5.74) is 4.82. The number of hydrogen-bond donors (Lipinski definition) is 2. The van der Waals surface area contributed by atoms with Crippen LogP contribution >= 0.6 is 0 Å². The van der Waals surface area contributed by atoms with Crippen molar-refractivity contribution >= 4 is 31.9 Å². The number of hydrogen-bond acceptors (Lipinski definition) is 6. The molecule has 0 aliphatic rings. The fraction of sp³-hybridized carbons (Fsp3) is 0.548. The van der Waals surface area contributed by atoms with Crippen LogP contribution in [0.2, 0.25) is 0 Å². The van der Waals surface area contributed by atoms with Crippen molar-refractivity contribution in [1.82, 2.24) is 19.2 Å². The van der Waals surface area contributed by atoms with Crippen molar-refractivity contribution in [2.24, 2.45) is 0 Å². The van der Waals surface area contributed by atoms with Crippen molar-refractivity contribution in [2.75, 3.05) is 39.3 Å². The molecule has 0 aromatic heterocycles. The van der Waals surface area contributed by atoms with E-state index in [4.69, 9.17) is 0 Å². The Morgan fingerprint density at radius 1 is 0.628 bits per heavy atom. The van der Waals surface area contributed by atoms with E-state index < -0.39 is 31.9 Å². The second-order valence-electron chi connectivity index (χ2n) is 11.0. The Morgan fingerprint density at radius 3 is 1.21 bits per heavy atom. The molecule has 0 aliphatic carbocycles. The lowest BCUT2D eigenvalue weighted by molar-refractivity contribution is -0.129. The van der Waals surface area contributed by atoms with Gasteiger partial charge in [0.1, 0.15) is 6.42 Å². The van der Waals surface area contributed by atoms with E-state index in [9.17, 15) is 26.4 Å². The standard InChI is InChI=1S/C31H48N4O6S2/c1-9-34(42(38,39)30-24(5)17-22(3)18-25(30)6)15-11-13-32-28(36)21-29(37)33-14-12-16-35(10-2)43(40,41)31-26(7)19-23(4)20-27(31)8/h17-20H,9-16,21H2,1-8H3,(H,32,36)(H,33,37)/i21+2. The highest BCUT2D eigenvalue weighted by Gasteiger charge is 2.28. The molecule has 0 heterocycles. The van der Waals surface area contributed by atoms with Crippen LogP contribution < -0.4 is 10.6 Å². The summed E-state index contributed by atoms with van der Waals surface area (Å²) in [5.74, 6) is -0.923. The van der Waals surface area contributed by atoms with Crippen LogP contribution in [0.4, 0.5) is 0 Å². The molecule has 0 unspecified atom stereocenters. The average Bonchev–Trinajstić information content (AvgIpc) is 2.86. The summed E-state index contributed by atoms with van der Waals surface area (Å²) in [6.45, 7) is 16.1. The number of benzene rings is 2. The van der Waals surface area contributed by atoms with Crippen LogP contribution in [-0.4, -0.2) is 76.5 Å². The second-order valence-corrected chi connectivity index (χ2v) is 14.8. The molecule has 10 nitrogen and oxygen atoms in total. The van der Waals surface area contributed by atoms with Crippen molar-refractivity contribution in [3.8, 4) is 0 Å². The van der Waals surface area contributed by atoms with Gasteiger partial charge < -0.3 is 10.6 Å². The lowest BCUT2D eigenvalue weighted by Crippen LogP contribution is -2.37. The molecule has 0 aliphatic heterocycles. The van der Waals surface area contributed by atoms with E-state index in [2.05, 4.69) is 10.6 Å². The summed E-state index contributed by atoms with van der Waals surface area (Å²) in [7, 11) is -7.37. The molecule has 0 saturated heterocycles. The Labute approximate surface area is 258 Å². The molecule has 240 valence electrons. The Hall–Kier alpha value is -2.80.